The first kappa shape index (κ1) is 12.5. The zero-order chi connectivity index (χ0) is 12.1. The molecule has 0 unspecified atom stereocenters. The van der Waals surface area contributed by atoms with E-state index in [1.165, 1.54) is 12.0 Å². The predicted molar refractivity (Wildman–Crippen MR) is 63.3 cm³/mol. The third-order valence-electron chi connectivity index (χ3n) is 2.06. The second-order valence-corrected chi connectivity index (χ2v) is 4.02. The SMILES string of the molecule is COc1ccc(Br)c(C(=O)N(C)CC#N)c1. The van der Waals surface area contributed by atoms with Crippen LogP contribution in [0.5, 0.6) is 5.75 Å². The number of ether oxygens (including phenoxy) is 1. The van der Waals surface area contributed by atoms with Crippen molar-refractivity contribution < 1.29 is 9.53 Å². The Kier molecular flexibility index (Phi) is 4.32. The van der Waals surface area contributed by atoms with Gasteiger partial charge in [0.1, 0.15) is 12.3 Å². The standard InChI is InChI=1S/C11H11BrN2O2/c1-14(6-5-13)11(15)9-7-8(16-2)3-4-10(9)12/h3-4,7H,6H2,1-2H3. The molecule has 0 spiro atoms. The van der Waals surface area contributed by atoms with Gasteiger partial charge in [-0.25, -0.2) is 0 Å². The van der Waals surface area contributed by atoms with Gasteiger partial charge in [-0.1, -0.05) is 0 Å². The van der Waals surface area contributed by atoms with Crippen molar-refractivity contribution in [2.75, 3.05) is 20.7 Å². The molecule has 0 saturated carbocycles. The summed E-state index contributed by atoms with van der Waals surface area (Å²) in [7, 11) is 3.12. The lowest BCUT2D eigenvalue weighted by atomic mass is 10.2. The number of rotatable bonds is 3. The van der Waals surface area contributed by atoms with Gasteiger partial charge in [-0.05, 0) is 34.1 Å². The van der Waals surface area contributed by atoms with E-state index < -0.39 is 0 Å². The molecular formula is C11H11BrN2O2. The lowest BCUT2D eigenvalue weighted by Gasteiger charge is -2.14. The van der Waals surface area contributed by atoms with Crippen molar-refractivity contribution in [2.45, 2.75) is 0 Å². The fourth-order valence-electron chi connectivity index (χ4n) is 1.18. The Morgan fingerprint density at radius 2 is 2.31 bits per heavy atom. The smallest absolute Gasteiger partial charge is 0.255 e. The quantitative estimate of drug-likeness (QED) is 0.798. The van der Waals surface area contributed by atoms with Crippen molar-refractivity contribution in [2.24, 2.45) is 0 Å². The van der Waals surface area contributed by atoms with Crippen LogP contribution in [-0.2, 0) is 0 Å². The third kappa shape index (κ3) is 2.74. The van der Waals surface area contributed by atoms with E-state index in [0.717, 1.165) is 0 Å². The molecule has 1 amide bonds. The molecule has 0 heterocycles. The molecule has 0 radical (unpaired) electrons. The van der Waals surface area contributed by atoms with Gasteiger partial charge in [0, 0.05) is 11.5 Å². The first-order valence-corrected chi connectivity index (χ1v) is 5.35. The van der Waals surface area contributed by atoms with Crippen molar-refractivity contribution >= 4 is 21.8 Å². The molecule has 84 valence electrons. The number of hydrogen-bond acceptors (Lipinski definition) is 3. The van der Waals surface area contributed by atoms with Crippen LogP contribution >= 0.6 is 15.9 Å². The number of benzene rings is 1. The summed E-state index contributed by atoms with van der Waals surface area (Å²) in [4.78, 5) is 13.3. The van der Waals surface area contributed by atoms with Crippen molar-refractivity contribution in [1.82, 2.24) is 4.90 Å². The first-order valence-electron chi connectivity index (χ1n) is 4.56. The van der Waals surface area contributed by atoms with Gasteiger partial charge in [0.05, 0.1) is 18.7 Å². The molecule has 16 heavy (non-hydrogen) atoms. The highest BCUT2D eigenvalue weighted by Crippen LogP contribution is 2.23. The zero-order valence-corrected chi connectivity index (χ0v) is 10.6. The zero-order valence-electron chi connectivity index (χ0n) is 9.03. The Labute approximate surface area is 103 Å². The van der Waals surface area contributed by atoms with Gasteiger partial charge in [0.2, 0.25) is 0 Å². The monoisotopic (exact) mass is 282 g/mol. The Morgan fingerprint density at radius 1 is 1.62 bits per heavy atom. The van der Waals surface area contributed by atoms with E-state index in [9.17, 15) is 4.79 Å². The molecular weight excluding hydrogens is 272 g/mol. The fraction of sp³-hybridized carbons (Fsp3) is 0.273. The van der Waals surface area contributed by atoms with Gasteiger partial charge >= 0.3 is 0 Å². The lowest BCUT2D eigenvalue weighted by molar-refractivity contribution is 0.0810. The summed E-state index contributed by atoms with van der Waals surface area (Å²) in [6, 6.07) is 7.06. The van der Waals surface area contributed by atoms with Gasteiger partial charge in [0.15, 0.2) is 0 Å². The highest BCUT2D eigenvalue weighted by molar-refractivity contribution is 9.10. The first-order chi connectivity index (χ1) is 7.60. The Bertz CT molecular complexity index is 440. The molecule has 1 aromatic rings. The molecule has 0 aliphatic carbocycles. The molecule has 0 aliphatic rings. The highest BCUT2D eigenvalue weighted by atomic mass is 79.9. The minimum Gasteiger partial charge on any atom is -0.497 e. The van der Waals surface area contributed by atoms with Gasteiger partial charge in [-0.15, -0.1) is 0 Å². The number of methoxy groups -OCH3 is 1. The van der Waals surface area contributed by atoms with Crippen LogP contribution in [0.15, 0.2) is 22.7 Å². The molecule has 0 atom stereocenters. The van der Waals surface area contributed by atoms with Crippen LogP contribution in [0.4, 0.5) is 0 Å². The van der Waals surface area contributed by atoms with E-state index in [0.29, 0.717) is 15.8 Å². The van der Waals surface area contributed by atoms with Crippen molar-refractivity contribution in [1.29, 1.82) is 5.26 Å². The summed E-state index contributed by atoms with van der Waals surface area (Å²) in [6.07, 6.45) is 0. The number of nitriles is 1. The van der Waals surface area contributed by atoms with Crippen LogP contribution in [0.2, 0.25) is 0 Å². The Balaban J connectivity index is 3.03. The summed E-state index contributed by atoms with van der Waals surface area (Å²) in [5.74, 6) is 0.393. The minimum atomic E-state index is -0.215. The number of carbonyl (C=O) groups is 1. The normalized spacial score (nSPS) is 9.38. The van der Waals surface area contributed by atoms with E-state index in [4.69, 9.17) is 10.00 Å². The molecule has 1 rings (SSSR count). The minimum absolute atomic E-state index is 0.0580. The molecule has 0 N–H and O–H groups in total. The van der Waals surface area contributed by atoms with Gasteiger partial charge < -0.3 is 9.64 Å². The lowest BCUT2D eigenvalue weighted by Crippen LogP contribution is -2.27. The maximum atomic E-state index is 11.9. The van der Waals surface area contributed by atoms with Crippen LogP contribution in [0, 0.1) is 11.3 Å². The molecule has 1 aromatic carbocycles. The van der Waals surface area contributed by atoms with Gasteiger partial charge in [-0.3, -0.25) is 4.79 Å². The number of nitrogens with zero attached hydrogens (tertiary/aromatic N) is 2. The summed E-state index contributed by atoms with van der Waals surface area (Å²) < 4.78 is 5.73. The van der Waals surface area contributed by atoms with E-state index in [1.807, 2.05) is 6.07 Å². The molecule has 0 fully saturated rings. The van der Waals surface area contributed by atoms with E-state index in [1.54, 1.807) is 25.2 Å². The summed E-state index contributed by atoms with van der Waals surface area (Å²) in [5, 5.41) is 8.52. The topological polar surface area (TPSA) is 53.3 Å². The van der Waals surface area contributed by atoms with Crippen LogP contribution in [-0.4, -0.2) is 31.5 Å². The van der Waals surface area contributed by atoms with Crippen LogP contribution in [0.3, 0.4) is 0 Å². The molecule has 4 nitrogen and oxygen atoms in total. The van der Waals surface area contributed by atoms with Crippen molar-refractivity contribution in [3.63, 3.8) is 0 Å². The van der Waals surface area contributed by atoms with Crippen LogP contribution in [0.25, 0.3) is 0 Å². The molecule has 0 aromatic heterocycles. The van der Waals surface area contributed by atoms with E-state index >= 15 is 0 Å². The van der Waals surface area contributed by atoms with Crippen LogP contribution in [0.1, 0.15) is 10.4 Å². The number of halogens is 1. The van der Waals surface area contributed by atoms with Crippen LogP contribution < -0.4 is 4.74 Å². The van der Waals surface area contributed by atoms with Gasteiger partial charge in [0.25, 0.3) is 5.91 Å². The van der Waals surface area contributed by atoms with Crippen molar-refractivity contribution in [3.05, 3.63) is 28.2 Å². The molecule has 0 bridgehead atoms. The van der Waals surface area contributed by atoms with E-state index in [-0.39, 0.29) is 12.5 Å². The number of carbonyl (C=O) groups excluding carboxylic acids is 1. The second kappa shape index (κ2) is 5.52. The number of amides is 1. The Morgan fingerprint density at radius 3 is 2.88 bits per heavy atom. The number of hydrogen-bond donors (Lipinski definition) is 0. The fourth-order valence-corrected chi connectivity index (χ4v) is 1.59. The van der Waals surface area contributed by atoms with E-state index in [2.05, 4.69) is 15.9 Å². The summed E-state index contributed by atoms with van der Waals surface area (Å²) in [6.45, 7) is 0.0580. The highest BCUT2D eigenvalue weighted by Gasteiger charge is 2.15. The van der Waals surface area contributed by atoms with Crippen molar-refractivity contribution in [3.8, 4) is 11.8 Å². The third-order valence-corrected chi connectivity index (χ3v) is 2.75. The Hall–Kier alpha value is -1.54. The van der Waals surface area contributed by atoms with Gasteiger partial charge in [-0.2, -0.15) is 5.26 Å². The maximum absolute atomic E-state index is 11.9. The summed E-state index contributed by atoms with van der Waals surface area (Å²) in [5.41, 5.74) is 0.483. The maximum Gasteiger partial charge on any atom is 0.255 e. The predicted octanol–water partition coefficient (Wildman–Crippen LogP) is 2.05. The second-order valence-electron chi connectivity index (χ2n) is 3.17. The molecule has 0 saturated heterocycles. The average Bonchev–Trinajstić information content (AvgIpc) is 2.29. The summed E-state index contributed by atoms with van der Waals surface area (Å²) >= 11 is 3.29. The molecule has 5 heteroatoms. The molecule has 0 aliphatic heterocycles. The average molecular weight is 283 g/mol. The largest absolute Gasteiger partial charge is 0.497 e.